The van der Waals surface area contributed by atoms with Crippen LogP contribution >= 0.6 is 0 Å². The van der Waals surface area contributed by atoms with Gasteiger partial charge in [0.2, 0.25) is 0 Å². The number of nitrogens with zero attached hydrogens (tertiary/aromatic N) is 2. The van der Waals surface area contributed by atoms with E-state index in [0.29, 0.717) is 11.4 Å². The molecule has 1 heterocycles. The van der Waals surface area contributed by atoms with E-state index in [-0.39, 0.29) is 5.91 Å². The van der Waals surface area contributed by atoms with Crippen LogP contribution in [-0.2, 0) is 13.5 Å². The van der Waals surface area contributed by atoms with Crippen LogP contribution in [0, 0.1) is 0 Å². The number of carbonyl (C=O) groups is 1. The van der Waals surface area contributed by atoms with Gasteiger partial charge in [-0.05, 0) is 30.5 Å². The minimum atomic E-state index is -0.239. The van der Waals surface area contributed by atoms with Gasteiger partial charge in [-0.2, -0.15) is 5.10 Å². The van der Waals surface area contributed by atoms with Crippen LogP contribution < -0.4 is 11.1 Å². The smallest absolute Gasteiger partial charge is 0.261 e. The zero-order valence-electron chi connectivity index (χ0n) is 11.9. The Hall–Kier alpha value is -2.30. The van der Waals surface area contributed by atoms with E-state index in [1.165, 1.54) is 29.3 Å². The SMILES string of the molecule is CCCCc1ccc(NC(=O)c2cnn(C)c2N)cc1. The minimum absolute atomic E-state index is 0.239. The molecule has 20 heavy (non-hydrogen) atoms. The molecule has 0 aliphatic carbocycles. The molecule has 0 bridgehead atoms. The molecule has 1 aromatic heterocycles. The van der Waals surface area contributed by atoms with Crippen LogP contribution in [0.15, 0.2) is 30.5 Å². The van der Waals surface area contributed by atoms with Gasteiger partial charge in [0.05, 0.1) is 6.20 Å². The van der Waals surface area contributed by atoms with Gasteiger partial charge in [0.1, 0.15) is 11.4 Å². The second-order valence-electron chi connectivity index (χ2n) is 4.82. The number of hydrogen-bond donors (Lipinski definition) is 2. The van der Waals surface area contributed by atoms with Crippen molar-refractivity contribution in [1.29, 1.82) is 0 Å². The number of amides is 1. The second-order valence-corrected chi connectivity index (χ2v) is 4.82. The molecule has 0 saturated carbocycles. The molecule has 0 radical (unpaired) electrons. The summed E-state index contributed by atoms with van der Waals surface area (Å²) in [4.78, 5) is 12.1. The number of aryl methyl sites for hydroxylation is 2. The number of nitrogens with two attached hydrogens (primary N) is 1. The maximum atomic E-state index is 12.1. The summed E-state index contributed by atoms with van der Waals surface area (Å²) in [6, 6.07) is 7.90. The van der Waals surface area contributed by atoms with Crippen molar-refractivity contribution < 1.29 is 4.79 Å². The van der Waals surface area contributed by atoms with E-state index in [4.69, 9.17) is 5.73 Å². The second kappa shape index (κ2) is 6.23. The van der Waals surface area contributed by atoms with E-state index in [1.807, 2.05) is 24.3 Å². The zero-order chi connectivity index (χ0) is 14.5. The molecule has 0 saturated heterocycles. The van der Waals surface area contributed by atoms with Gasteiger partial charge in [0.15, 0.2) is 0 Å². The molecule has 3 N–H and O–H groups in total. The largest absolute Gasteiger partial charge is 0.383 e. The lowest BCUT2D eigenvalue weighted by molar-refractivity contribution is 0.102. The first kappa shape index (κ1) is 14.1. The lowest BCUT2D eigenvalue weighted by Crippen LogP contribution is -2.13. The highest BCUT2D eigenvalue weighted by molar-refractivity contribution is 6.07. The molecule has 2 aromatic rings. The molecule has 5 heteroatoms. The molecule has 106 valence electrons. The molecular weight excluding hydrogens is 252 g/mol. The Morgan fingerprint density at radius 1 is 1.35 bits per heavy atom. The Morgan fingerprint density at radius 2 is 2.05 bits per heavy atom. The monoisotopic (exact) mass is 272 g/mol. The van der Waals surface area contributed by atoms with Crippen molar-refractivity contribution >= 4 is 17.4 Å². The Bertz CT molecular complexity index is 586. The van der Waals surface area contributed by atoms with Crippen molar-refractivity contribution in [3.8, 4) is 0 Å². The lowest BCUT2D eigenvalue weighted by Gasteiger charge is -2.06. The molecule has 0 aliphatic heterocycles. The Kier molecular flexibility index (Phi) is 4.40. The predicted molar refractivity (Wildman–Crippen MR) is 80.6 cm³/mol. The van der Waals surface area contributed by atoms with Gasteiger partial charge in [-0.15, -0.1) is 0 Å². The highest BCUT2D eigenvalue weighted by atomic mass is 16.1. The van der Waals surface area contributed by atoms with E-state index in [1.54, 1.807) is 7.05 Å². The van der Waals surface area contributed by atoms with Crippen molar-refractivity contribution in [2.75, 3.05) is 11.1 Å². The molecule has 1 amide bonds. The van der Waals surface area contributed by atoms with Gasteiger partial charge in [-0.25, -0.2) is 0 Å². The normalized spacial score (nSPS) is 10.5. The number of aromatic nitrogens is 2. The number of hydrogen-bond acceptors (Lipinski definition) is 3. The van der Waals surface area contributed by atoms with Crippen molar-refractivity contribution in [2.45, 2.75) is 26.2 Å². The average Bonchev–Trinajstić information content (AvgIpc) is 2.78. The molecule has 0 unspecified atom stereocenters. The van der Waals surface area contributed by atoms with E-state index >= 15 is 0 Å². The van der Waals surface area contributed by atoms with Crippen molar-refractivity contribution in [3.05, 3.63) is 41.6 Å². The van der Waals surface area contributed by atoms with Crippen molar-refractivity contribution in [3.63, 3.8) is 0 Å². The van der Waals surface area contributed by atoms with Gasteiger partial charge in [-0.1, -0.05) is 25.5 Å². The standard InChI is InChI=1S/C15H20N4O/c1-3-4-5-11-6-8-12(9-7-11)18-15(20)13-10-17-19(2)14(13)16/h6-10H,3-5,16H2,1-2H3,(H,18,20). The van der Waals surface area contributed by atoms with E-state index in [0.717, 1.165) is 12.1 Å². The van der Waals surface area contributed by atoms with Gasteiger partial charge < -0.3 is 11.1 Å². The molecule has 1 aromatic carbocycles. The summed E-state index contributed by atoms with van der Waals surface area (Å²) in [6.45, 7) is 2.17. The van der Waals surface area contributed by atoms with Crippen molar-refractivity contribution in [2.24, 2.45) is 7.05 Å². The maximum absolute atomic E-state index is 12.1. The van der Waals surface area contributed by atoms with Gasteiger partial charge in [-0.3, -0.25) is 9.48 Å². The number of rotatable bonds is 5. The van der Waals surface area contributed by atoms with Crippen LogP contribution in [0.2, 0.25) is 0 Å². The third-order valence-electron chi connectivity index (χ3n) is 3.26. The van der Waals surface area contributed by atoms with Crippen LogP contribution in [0.3, 0.4) is 0 Å². The number of anilines is 2. The number of unbranched alkanes of at least 4 members (excludes halogenated alkanes) is 1. The van der Waals surface area contributed by atoms with Crippen LogP contribution in [0.5, 0.6) is 0 Å². The van der Waals surface area contributed by atoms with E-state index in [9.17, 15) is 4.79 Å². The summed E-state index contributed by atoms with van der Waals surface area (Å²) < 4.78 is 1.47. The van der Waals surface area contributed by atoms with E-state index in [2.05, 4.69) is 17.3 Å². The first-order valence-electron chi connectivity index (χ1n) is 6.79. The first-order valence-corrected chi connectivity index (χ1v) is 6.79. The van der Waals surface area contributed by atoms with Crippen LogP contribution in [0.1, 0.15) is 35.7 Å². The highest BCUT2D eigenvalue weighted by Crippen LogP contribution is 2.15. The van der Waals surface area contributed by atoms with Gasteiger partial charge in [0.25, 0.3) is 5.91 Å². The summed E-state index contributed by atoms with van der Waals surface area (Å²) in [5, 5.41) is 6.78. The average molecular weight is 272 g/mol. The molecule has 0 atom stereocenters. The topological polar surface area (TPSA) is 72.9 Å². The number of nitrogens with one attached hydrogen (secondary N) is 1. The summed E-state index contributed by atoms with van der Waals surface area (Å²) in [6.07, 6.45) is 4.90. The molecule has 0 aliphatic rings. The number of nitrogen functional groups attached to an aromatic ring is 1. The lowest BCUT2D eigenvalue weighted by atomic mass is 10.1. The van der Waals surface area contributed by atoms with Crippen LogP contribution in [-0.4, -0.2) is 15.7 Å². The summed E-state index contributed by atoms with van der Waals surface area (Å²) >= 11 is 0. The Morgan fingerprint density at radius 3 is 2.60 bits per heavy atom. The fourth-order valence-electron chi connectivity index (χ4n) is 1.96. The third kappa shape index (κ3) is 3.17. The van der Waals surface area contributed by atoms with Crippen LogP contribution in [0.25, 0.3) is 0 Å². The first-order chi connectivity index (χ1) is 9.61. The quantitative estimate of drug-likeness (QED) is 0.878. The van der Waals surface area contributed by atoms with Crippen molar-refractivity contribution in [1.82, 2.24) is 9.78 Å². The third-order valence-corrected chi connectivity index (χ3v) is 3.26. The van der Waals surface area contributed by atoms with Crippen LogP contribution in [0.4, 0.5) is 11.5 Å². The molecular formula is C15H20N4O. The number of benzene rings is 1. The summed E-state index contributed by atoms with van der Waals surface area (Å²) in [5.41, 5.74) is 8.21. The summed E-state index contributed by atoms with van der Waals surface area (Å²) in [5.74, 6) is 0.124. The Balaban J connectivity index is 2.03. The molecule has 2 rings (SSSR count). The van der Waals surface area contributed by atoms with Gasteiger partial charge in [0, 0.05) is 12.7 Å². The molecule has 0 spiro atoms. The fraction of sp³-hybridized carbons (Fsp3) is 0.333. The minimum Gasteiger partial charge on any atom is -0.383 e. The van der Waals surface area contributed by atoms with E-state index < -0.39 is 0 Å². The predicted octanol–water partition coefficient (Wildman–Crippen LogP) is 2.60. The molecule has 0 fully saturated rings. The molecule has 5 nitrogen and oxygen atoms in total. The van der Waals surface area contributed by atoms with Gasteiger partial charge >= 0.3 is 0 Å². The zero-order valence-corrected chi connectivity index (χ0v) is 11.9. The summed E-state index contributed by atoms with van der Waals surface area (Å²) in [7, 11) is 1.70. The number of carbonyl (C=O) groups excluding carboxylic acids is 1. The highest BCUT2D eigenvalue weighted by Gasteiger charge is 2.13. The maximum Gasteiger partial charge on any atom is 0.261 e. The fourth-order valence-corrected chi connectivity index (χ4v) is 1.96. The Labute approximate surface area is 118 Å².